The van der Waals surface area contributed by atoms with Crippen molar-refractivity contribution in [2.24, 2.45) is 0 Å². The average Bonchev–Trinajstić information content (AvgIpc) is 3.05. The first-order valence-electron chi connectivity index (χ1n) is 7.50. The van der Waals surface area contributed by atoms with Crippen LogP contribution in [-0.4, -0.2) is 34.0 Å². The van der Waals surface area contributed by atoms with Gasteiger partial charge in [-0.05, 0) is 37.1 Å². The fraction of sp³-hybridized carbons (Fsp3) is 0.533. The maximum Gasteiger partial charge on any atom is 0.266 e. The number of alkyl halides is 1. The van der Waals surface area contributed by atoms with E-state index >= 15 is 4.39 Å². The van der Waals surface area contributed by atoms with Crippen LogP contribution < -0.4 is 0 Å². The van der Waals surface area contributed by atoms with E-state index in [9.17, 15) is 4.79 Å². The lowest BCUT2D eigenvalue weighted by molar-refractivity contribution is 0.0153. The van der Waals surface area contributed by atoms with E-state index in [1.807, 2.05) is 5.38 Å². The maximum absolute atomic E-state index is 15.3. The molecule has 116 valence electrons. The van der Waals surface area contributed by atoms with Crippen LogP contribution in [0.15, 0.2) is 21.3 Å². The predicted octanol–water partition coefficient (Wildman–Crippen LogP) is 3.11. The van der Waals surface area contributed by atoms with E-state index in [0.29, 0.717) is 36.7 Å². The molecule has 0 spiro atoms. The summed E-state index contributed by atoms with van der Waals surface area (Å²) in [5.41, 5.74) is -1.12. The smallest absolute Gasteiger partial charge is 0.266 e. The SMILES string of the molecule is O=C(c1ccsc1)N1CCCC(F)(c2nc(C3CC3)no2)C1. The van der Waals surface area contributed by atoms with Gasteiger partial charge in [0.25, 0.3) is 11.8 Å². The molecule has 22 heavy (non-hydrogen) atoms. The van der Waals surface area contributed by atoms with E-state index in [-0.39, 0.29) is 18.3 Å². The van der Waals surface area contributed by atoms with Crippen molar-refractivity contribution in [3.63, 3.8) is 0 Å². The molecule has 1 amide bonds. The lowest BCUT2D eigenvalue weighted by Crippen LogP contribution is -2.46. The van der Waals surface area contributed by atoms with E-state index in [2.05, 4.69) is 10.1 Å². The molecular weight excluding hydrogens is 305 g/mol. The van der Waals surface area contributed by atoms with Crippen molar-refractivity contribution >= 4 is 17.2 Å². The number of hydrogen-bond acceptors (Lipinski definition) is 5. The summed E-state index contributed by atoms with van der Waals surface area (Å²) in [6.45, 7) is 0.540. The number of aromatic nitrogens is 2. The van der Waals surface area contributed by atoms with Gasteiger partial charge in [-0.3, -0.25) is 4.79 Å². The Morgan fingerprint density at radius 1 is 1.50 bits per heavy atom. The average molecular weight is 321 g/mol. The largest absolute Gasteiger partial charge is 0.336 e. The zero-order chi connectivity index (χ0) is 15.2. The number of likely N-dealkylation sites (tertiary alicyclic amines) is 1. The number of halogens is 1. The van der Waals surface area contributed by atoms with Gasteiger partial charge in [0.2, 0.25) is 5.67 Å². The molecule has 1 aliphatic carbocycles. The number of thiophene rings is 1. The highest BCUT2D eigenvalue weighted by Crippen LogP contribution is 2.41. The summed E-state index contributed by atoms with van der Waals surface area (Å²) in [6, 6.07) is 1.76. The summed E-state index contributed by atoms with van der Waals surface area (Å²) in [7, 11) is 0. The number of amides is 1. The fourth-order valence-corrected chi connectivity index (χ4v) is 3.48. The number of rotatable bonds is 3. The zero-order valence-corrected chi connectivity index (χ0v) is 12.8. The topological polar surface area (TPSA) is 59.2 Å². The Labute approximate surface area is 131 Å². The summed E-state index contributed by atoms with van der Waals surface area (Å²) < 4.78 is 20.4. The molecule has 2 fully saturated rings. The van der Waals surface area contributed by atoms with Gasteiger partial charge in [-0.15, -0.1) is 0 Å². The monoisotopic (exact) mass is 321 g/mol. The zero-order valence-electron chi connectivity index (χ0n) is 12.0. The maximum atomic E-state index is 15.3. The van der Waals surface area contributed by atoms with Gasteiger partial charge in [0.1, 0.15) is 0 Å². The van der Waals surface area contributed by atoms with E-state index in [0.717, 1.165) is 12.8 Å². The molecule has 1 aliphatic heterocycles. The van der Waals surface area contributed by atoms with Crippen molar-refractivity contribution in [2.75, 3.05) is 13.1 Å². The Bertz CT molecular complexity index is 683. The van der Waals surface area contributed by atoms with Crippen LogP contribution in [0, 0.1) is 0 Å². The number of carbonyl (C=O) groups excluding carboxylic acids is 1. The van der Waals surface area contributed by atoms with Crippen LogP contribution in [0.1, 0.15) is 53.7 Å². The van der Waals surface area contributed by atoms with E-state index in [1.54, 1.807) is 16.3 Å². The Kier molecular flexibility index (Phi) is 3.25. The molecular formula is C15H16FN3O2S. The van der Waals surface area contributed by atoms with Crippen molar-refractivity contribution < 1.29 is 13.7 Å². The first kappa shape index (κ1) is 13.9. The van der Waals surface area contributed by atoms with Crippen LogP contribution in [-0.2, 0) is 5.67 Å². The third-order valence-electron chi connectivity index (χ3n) is 4.27. The van der Waals surface area contributed by atoms with E-state index in [4.69, 9.17) is 4.52 Å². The fourth-order valence-electron chi connectivity index (χ4n) is 2.85. The predicted molar refractivity (Wildman–Crippen MR) is 78.5 cm³/mol. The van der Waals surface area contributed by atoms with Gasteiger partial charge in [0.05, 0.1) is 12.1 Å². The summed E-state index contributed by atoms with van der Waals surface area (Å²) in [4.78, 5) is 18.2. The molecule has 1 unspecified atom stereocenters. The summed E-state index contributed by atoms with van der Waals surface area (Å²) in [6.07, 6.45) is 2.99. The highest BCUT2D eigenvalue weighted by Gasteiger charge is 2.44. The van der Waals surface area contributed by atoms with Gasteiger partial charge in [-0.2, -0.15) is 16.3 Å². The quantitative estimate of drug-likeness (QED) is 0.871. The minimum atomic E-state index is -1.73. The van der Waals surface area contributed by atoms with E-state index < -0.39 is 5.67 Å². The molecule has 0 bridgehead atoms. The molecule has 7 heteroatoms. The van der Waals surface area contributed by atoms with Crippen LogP contribution in [0.25, 0.3) is 0 Å². The highest BCUT2D eigenvalue weighted by atomic mass is 32.1. The molecule has 1 saturated carbocycles. The molecule has 0 aromatic carbocycles. The second kappa shape index (κ2) is 5.15. The Balaban J connectivity index is 1.54. The summed E-state index contributed by atoms with van der Waals surface area (Å²) in [5, 5.41) is 7.52. The third kappa shape index (κ3) is 2.43. The van der Waals surface area contributed by atoms with Gasteiger partial charge < -0.3 is 9.42 Å². The Morgan fingerprint density at radius 2 is 2.36 bits per heavy atom. The van der Waals surface area contributed by atoms with Crippen molar-refractivity contribution in [1.82, 2.24) is 15.0 Å². The van der Waals surface area contributed by atoms with Gasteiger partial charge in [0.15, 0.2) is 5.82 Å². The molecule has 0 radical (unpaired) electrons. The normalized spacial score (nSPS) is 25.4. The third-order valence-corrected chi connectivity index (χ3v) is 4.95. The van der Waals surface area contributed by atoms with Gasteiger partial charge >= 0.3 is 0 Å². The van der Waals surface area contributed by atoms with Crippen molar-refractivity contribution in [1.29, 1.82) is 0 Å². The summed E-state index contributed by atoms with van der Waals surface area (Å²) in [5.74, 6) is 0.823. The number of piperidine rings is 1. The molecule has 5 nitrogen and oxygen atoms in total. The van der Waals surface area contributed by atoms with Crippen LogP contribution in [0.5, 0.6) is 0 Å². The van der Waals surface area contributed by atoms with Gasteiger partial charge in [-0.1, -0.05) is 5.16 Å². The number of nitrogens with zero attached hydrogens (tertiary/aromatic N) is 3. The first-order chi connectivity index (χ1) is 10.7. The second-order valence-electron chi connectivity index (χ2n) is 6.04. The second-order valence-corrected chi connectivity index (χ2v) is 6.82. The molecule has 3 heterocycles. The lowest BCUT2D eigenvalue weighted by Gasteiger charge is -2.35. The molecule has 2 aliphatic rings. The van der Waals surface area contributed by atoms with Crippen LogP contribution in [0.4, 0.5) is 4.39 Å². The highest BCUT2D eigenvalue weighted by molar-refractivity contribution is 7.08. The Morgan fingerprint density at radius 3 is 3.09 bits per heavy atom. The van der Waals surface area contributed by atoms with Crippen molar-refractivity contribution in [3.05, 3.63) is 34.1 Å². The standard InChI is InChI=1S/C15H16FN3O2S/c16-15(14-17-12(18-21-14)10-2-3-10)5-1-6-19(9-15)13(20)11-4-7-22-8-11/h4,7-8,10H,1-3,5-6,9H2. The summed E-state index contributed by atoms with van der Waals surface area (Å²) >= 11 is 1.46. The molecule has 1 atom stereocenters. The number of hydrogen-bond donors (Lipinski definition) is 0. The van der Waals surface area contributed by atoms with Crippen LogP contribution in [0.2, 0.25) is 0 Å². The van der Waals surface area contributed by atoms with E-state index in [1.165, 1.54) is 11.3 Å². The molecule has 4 rings (SSSR count). The van der Waals surface area contributed by atoms with Crippen LogP contribution >= 0.6 is 11.3 Å². The van der Waals surface area contributed by atoms with Crippen LogP contribution in [0.3, 0.4) is 0 Å². The Hall–Kier alpha value is -1.76. The minimum absolute atomic E-state index is 0.0199. The van der Waals surface area contributed by atoms with Gasteiger partial charge in [0, 0.05) is 17.8 Å². The van der Waals surface area contributed by atoms with Crippen molar-refractivity contribution in [2.45, 2.75) is 37.3 Å². The first-order valence-corrected chi connectivity index (χ1v) is 8.44. The lowest BCUT2D eigenvalue weighted by atomic mass is 9.94. The molecule has 2 aromatic heterocycles. The van der Waals surface area contributed by atoms with Gasteiger partial charge in [-0.25, -0.2) is 4.39 Å². The molecule has 1 saturated heterocycles. The molecule has 0 N–H and O–H groups in total. The minimum Gasteiger partial charge on any atom is -0.336 e. The molecule has 2 aromatic rings. The van der Waals surface area contributed by atoms with Crippen molar-refractivity contribution in [3.8, 4) is 0 Å². The number of carbonyl (C=O) groups is 1.